The van der Waals surface area contributed by atoms with Gasteiger partial charge in [0.15, 0.2) is 0 Å². The van der Waals surface area contributed by atoms with Crippen molar-refractivity contribution in [2.24, 2.45) is 29.2 Å². The van der Waals surface area contributed by atoms with Crippen LogP contribution in [-0.4, -0.2) is 279 Å². The molecule has 0 aromatic rings. The standard InChI is InChI=1S/C59H101N17O22S2/c1-25(2)17-34(70-54(92)39-13-12-15-76(39)58(96)30(9)66-46(84)28(7)64-48(86)32(60)21-77)52(90)74-44(27(5)6)56(94)75-45(31(10)80)57(95)65-29(8)47(85)69-33(14-16-100-11)51(89)72-38(24-99)50(88)63-20-42(83)68-36(22-78)49(87)62-19-41(82)67-35(18-40(61)81)53(91)73-43(26(3)4)55(93)71-37(23-79)59(97)98/h25-39,43-45,77-80,99H,12-24,60H2,1-11H3,(H2,61,81)(H,62,87)(H,63,88)(H,64,86)(H,65,95)(H,66,84)(H,67,82)(H,68,83)(H,69,85)(H,70,92)(H,71,93)(H,72,89)(H,73,91)(H,74,90)(H,75,94)(H,97,98)/t28-,29-,30-,31+,32-,33-,34-,35-,36-,37-,38-,39-,43-,44-,45-/m0/s1. The summed E-state index contributed by atoms with van der Waals surface area (Å²) in [5.41, 5.74) is 10.8. The molecule has 0 bridgehead atoms. The second kappa shape index (κ2) is 44.6. The van der Waals surface area contributed by atoms with Crippen molar-refractivity contribution in [1.82, 2.24) is 79.3 Å². The third kappa shape index (κ3) is 30.5. The summed E-state index contributed by atoms with van der Waals surface area (Å²) in [7, 11) is 0. The van der Waals surface area contributed by atoms with Gasteiger partial charge in [-0.05, 0) is 83.1 Å². The maximum absolute atomic E-state index is 14.1. The van der Waals surface area contributed by atoms with Crippen molar-refractivity contribution in [2.75, 3.05) is 57.2 Å². The summed E-state index contributed by atoms with van der Waals surface area (Å²) in [4.78, 5) is 224. The van der Waals surface area contributed by atoms with Crippen LogP contribution in [-0.2, 0) is 81.5 Å². The maximum atomic E-state index is 14.1. The Bertz CT molecular complexity index is 2890. The van der Waals surface area contributed by atoms with E-state index in [2.05, 4.69) is 81.7 Å². The van der Waals surface area contributed by atoms with Gasteiger partial charge in [-0.3, -0.25) is 76.7 Å². The molecule has 1 saturated heterocycles. The molecule has 0 aromatic heterocycles. The molecule has 100 heavy (non-hydrogen) atoms. The van der Waals surface area contributed by atoms with Gasteiger partial charge in [0.1, 0.15) is 84.6 Å². The fourth-order valence-electron chi connectivity index (χ4n) is 9.38. The highest BCUT2D eigenvalue weighted by Gasteiger charge is 2.41. The van der Waals surface area contributed by atoms with E-state index in [1.54, 1.807) is 34.0 Å². The summed E-state index contributed by atoms with van der Waals surface area (Å²) in [6, 6.07) is -20.0. The molecule has 0 saturated carbocycles. The fourth-order valence-corrected chi connectivity index (χ4v) is 10.1. The molecule has 566 valence electrons. The number of nitrogens with two attached hydrogens (primary N) is 2. The number of carbonyl (C=O) groups excluding carboxylic acids is 16. The SMILES string of the molecule is CSCC[C@H](NC(=O)[C@H](C)NC(=O)[C@@H](NC(=O)[C@@H](NC(=O)[C@H](CC(C)C)NC(=O)[C@@H]1CCCN1C(=O)[C@H](C)NC(=O)[C@H](C)NC(=O)[C@@H](N)CO)C(C)C)[C@@H](C)O)C(=O)N[C@@H](CS)C(=O)NCC(=O)N[C@@H](CO)C(=O)NCC(=O)N[C@@H](CC(N)=O)C(=O)N[C@H](C(=O)N[C@@H](CO)C(=O)O)C(C)C. The minimum absolute atomic E-state index is 0.0365. The highest BCUT2D eigenvalue weighted by Crippen LogP contribution is 2.20. The van der Waals surface area contributed by atoms with Crippen LogP contribution in [0.5, 0.6) is 0 Å². The number of hydrogen-bond acceptors (Lipinski definition) is 24. The Kier molecular flexibility index (Phi) is 39.9. The number of amides is 16. The topological polar surface area (TPSA) is 615 Å². The number of rotatable bonds is 44. The van der Waals surface area contributed by atoms with E-state index in [4.69, 9.17) is 16.6 Å². The Balaban J connectivity index is 3.04. The van der Waals surface area contributed by atoms with Gasteiger partial charge in [-0.25, -0.2) is 4.79 Å². The van der Waals surface area contributed by atoms with Crippen LogP contribution < -0.4 is 85.9 Å². The van der Waals surface area contributed by atoms with E-state index in [9.17, 15) is 102 Å². The van der Waals surface area contributed by atoms with E-state index in [0.29, 0.717) is 6.42 Å². The molecule has 1 heterocycles. The van der Waals surface area contributed by atoms with Gasteiger partial charge in [-0.2, -0.15) is 24.4 Å². The number of carboxylic acids is 1. The molecule has 23 N–H and O–H groups in total. The van der Waals surface area contributed by atoms with Gasteiger partial charge in [0, 0.05) is 12.3 Å². The van der Waals surface area contributed by atoms with Gasteiger partial charge in [-0.15, -0.1) is 0 Å². The molecule has 1 rings (SSSR count). The number of aliphatic hydroxyl groups is 4. The molecule has 15 atom stereocenters. The van der Waals surface area contributed by atoms with Gasteiger partial charge in [-0.1, -0.05) is 41.5 Å². The molecule has 0 aromatic carbocycles. The van der Waals surface area contributed by atoms with Crippen LogP contribution in [0.2, 0.25) is 0 Å². The molecule has 0 radical (unpaired) electrons. The van der Waals surface area contributed by atoms with E-state index in [-0.39, 0.29) is 43.2 Å². The number of carbonyl (C=O) groups is 17. The average Bonchev–Trinajstić information content (AvgIpc) is 1.60. The summed E-state index contributed by atoms with van der Waals surface area (Å²) in [6.07, 6.45) is -0.124. The molecule has 0 unspecified atom stereocenters. The number of nitrogens with zero attached hydrogens (tertiary/aromatic N) is 1. The van der Waals surface area contributed by atoms with Crippen LogP contribution in [0.25, 0.3) is 0 Å². The minimum Gasteiger partial charge on any atom is -0.480 e. The number of nitrogens with one attached hydrogen (secondary N) is 14. The number of thioether (sulfide) groups is 1. The molecule has 39 nitrogen and oxygen atoms in total. The van der Waals surface area contributed by atoms with Gasteiger partial charge < -0.3 is 116 Å². The Hall–Kier alpha value is -8.51. The highest BCUT2D eigenvalue weighted by molar-refractivity contribution is 7.98. The zero-order valence-electron chi connectivity index (χ0n) is 57.7. The molecular weight excluding hydrogens is 1360 g/mol. The highest BCUT2D eigenvalue weighted by atomic mass is 32.2. The lowest BCUT2D eigenvalue weighted by molar-refractivity contribution is -0.143. The maximum Gasteiger partial charge on any atom is 0.328 e. The van der Waals surface area contributed by atoms with Crippen molar-refractivity contribution in [3.8, 4) is 0 Å². The third-order valence-electron chi connectivity index (χ3n) is 15.1. The summed E-state index contributed by atoms with van der Waals surface area (Å²) in [6.45, 7) is 10.4. The van der Waals surface area contributed by atoms with E-state index < -0.39 is 242 Å². The number of aliphatic carboxylic acids is 1. The smallest absolute Gasteiger partial charge is 0.328 e. The first kappa shape index (κ1) is 89.5. The molecule has 41 heteroatoms. The zero-order chi connectivity index (χ0) is 76.6. The Morgan fingerprint density at radius 2 is 0.940 bits per heavy atom. The zero-order valence-corrected chi connectivity index (χ0v) is 59.4. The first-order chi connectivity index (χ1) is 46.7. The van der Waals surface area contributed by atoms with Crippen LogP contribution in [0.3, 0.4) is 0 Å². The number of carboxylic acid groups (broad SMARTS) is 1. The van der Waals surface area contributed by atoms with Crippen LogP contribution in [0, 0.1) is 17.8 Å². The summed E-state index contributed by atoms with van der Waals surface area (Å²) >= 11 is 5.41. The lowest BCUT2D eigenvalue weighted by Crippen LogP contribution is -2.62. The molecule has 0 spiro atoms. The van der Waals surface area contributed by atoms with E-state index >= 15 is 0 Å². The van der Waals surface area contributed by atoms with Gasteiger partial charge >= 0.3 is 5.97 Å². The van der Waals surface area contributed by atoms with Crippen LogP contribution >= 0.6 is 24.4 Å². The van der Waals surface area contributed by atoms with Crippen LogP contribution in [0.1, 0.15) is 101 Å². The monoisotopic (exact) mass is 1460 g/mol. The molecule has 16 amide bonds. The molecule has 1 aliphatic rings. The van der Waals surface area contributed by atoms with E-state index in [0.717, 1.165) is 6.92 Å². The van der Waals surface area contributed by atoms with Crippen molar-refractivity contribution < 1.29 is 107 Å². The van der Waals surface area contributed by atoms with Gasteiger partial charge in [0.2, 0.25) is 94.5 Å². The predicted molar refractivity (Wildman–Crippen MR) is 359 cm³/mol. The molecular formula is C59H101N17O22S2. The number of likely N-dealkylation sites (tertiary alicyclic amines) is 1. The largest absolute Gasteiger partial charge is 0.480 e. The second-order valence-electron chi connectivity index (χ2n) is 24.7. The van der Waals surface area contributed by atoms with Gasteiger partial charge in [0.05, 0.1) is 45.4 Å². The van der Waals surface area contributed by atoms with Crippen LogP contribution in [0.4, 0.5) is 0 Å². The lowest BCUT2D eigenvalue weighted by Gasteiger charge is -2.31. The first-order valence-corrected chi connectivity index (χ1v) is 34.1. The Morgan fingerprint density at radius 3 is 1.41 bits per heavy atom. The number of aliphatic hydroxyl groups excluding tert-OH is 4. The van der Waals surface area contributed by atoms with Gasteiger partial charge in [0.25, 0.3) is 0 Å². The number of thiol groups is 1. The third-order valence-corrected chi connectivity index (χ3v) is 16.1. The molecule has 0 aliphatic carbocycles. The number of hydrogen-bond donors (Lipinski definition) is 22. The molecule has 1 aliphatic heterocycles. The summed E-state index contributed by atoms with van der Waals surface area (Å²) in [5.74, 6) is -18.4. The normalized spacial score (nSPS) is 16.9. The second-order valence-corrected chi connectivity index (χ2v) is 26.1. The first-order valence-electron chi connectivity index (χ1n) is 32.1. The van der Waals surface area contributed by atoms with Crippen molar-refractivity contribution in [3.63, 3.8) is 0 Å². The quantitative estimate of drug-likeness (QED) is 0.0252. The van der Waals surface area contributed by atoms with Crippen molar-refractivity contribution in [2.45, 2.75) is 192 Å². The van der Waals surface area contributed by atoms with Crippen molar-refractivity contribution in [1.29, 1.82) is 0 Å². The fraction of sp³-hybridized carbons (Fsp3) is 0.712. The number of primary amides is 1. The Morgan fingerprint density at radius 1 is 0.500 bits per heavy atom. The van der Waals surface area contributed by atoms with E-state index in [1.165, 1.54) is 51.3 Å². The van der Waals surface area contributed by atoms with Crippen molar-refractivity contribution >= 4 is 125 Å². The van der Waals surface area contributed by atoms with Crippen molar-refractivity contribution in [3.05, 3.63) is 0 Å². The summed E-state index contributed by atoms with van der Waals surface area (Å²) in [5, 5.41) is 81.0. The average molecular weight is 1460 g/mol. The minimum atomic E-state index is -1.75. The van der Waals surface area contributed by atoms with Crippen LogP contribution in [0.15, 0.2) is 0 Å². The summed E-state index contributed by atoms with van der Waals surface area (Å²) < 4.78 is 0. The Labute approximate surface area is 587 Å². The molecule has 1 fully saturated rings. The lowest BCUT2D eigenvalue weighted by atomic mass is 9.99. The predicted octanol–water partition coefficient (Wildman–Crippen LogP) is -10.2. The van der Waals surface area contributed by atoms with E-state index in [1.807, 2.05) is 5.32 Å².